The molecule has 0 atom stereocenters. The minimum Gasteiger partial charge on any atom is -0.341 e. The van der Waals surface area contributed by atoms with Gasteiger partial charge in [0.15, 0.2) is 5.65 Å². The number of carbonyl (C=O) groups excluding carboxylic acids is 1. The average Bonchev–Trinajstić information content (AvgIpc) is 3.33. The van der Waals surface area contributed by atoms with Gasteiger partial charge in [0.05, 0.1) is 28.3 Å². The highest BCUT2D eigenvalue weighted by atomic mass is 79.9. The van der Waals surface area contributed by atoms with Crippen molar-refractivity contribution in [2.45, 2.75) is 50.7 Å². The van der Waals surface area contributed by atoms with Gasteiger partial charge in [-0.2, -0.15) is 18.3 Å². The Balaban J connectivity index is 0.00000176. The van der Waals surface area contributed by atoms with Crippen molar-refractivity contribution in [2.75, 3.05) is 6.54 Å². The van der Waals surface area contributed by atoms with Crippen LogP contribution in [0.4, 0.5) is 13.2 Å². The first-order valence-electron chi connectivity index (χ1n) is 9.70. The number of nitrogens with one attached hydrogen (secondary N) is 1. The second kappa shape index (κ2) is 10.4. The summed E-state index contributed by atoms with van der Waals surface area (Å²) in [7, 11) is 0. The summed E-state index contributed by atoms with van der Waals surface area (Å²) < 4.78 is 42.5. The van der Waals surface area contributed by atoms with Gasteiger partial charge >= 0.3 is 5.51 Å². The molecule has 0 aromatic carbocycles. The minimum absolute atomic E-state index is 0.0148. The number of hydrogen-bond acceptors (Lipinski definition) is 4. The molecule has 0 aliphatic heterocycles. The second-order valence-electron chi connectivity index (χ2n) is 7.19. The van der Waals surface area contributed by atoms with Crippen LogP contribution in [-0.4, -0.2) is 37.1 Å². The molecule has 0 aliphatic rings. The number of thioether (sulfide) groups is 1. The lowest BCUT2D eigenvalue weighted by Crippen LogP contribution is -2.24. The van der Waals surface area contributed by atoms with Gasteiger partial charge in [0.1, 0.15) is 10.7 Å². The highest BCUT2D eigenvalue weighted by molar-refractivity contribution is 9.10. The number of carbonyl (C=O) groups is 1. The molecule has 0 fully saturated rings. The molecule has 0 spiro atoms. The number of pyridine rings is 1. The first kappa shape index (κ1) is 25.8. The van der Waals surface area contributed by atoms with Gasteiger partial charge in [0, 0.05) is 24.2 Å². The fraction of sp³-hybridized carbons (Fsp3) is 0.381. The molecule has 0 unspecified atom stereocenters. The van der Waals surface area contributed by atoms with Crippen molar-refractivity contribution in [3.05, 3.63) is 46.5 Å². The van der Waals surface area contributed by atoms with E-state index >= 15 is 0 Å². The number of nitrogens with zero attached hydrogens (tertiary/aromatic N) is 4. The van der Waals surface area contributed by atoms with Crippen LogP contribution in [0.1, 0.15) is 50.7 Å². The van der Waals surface area contributed by atoms with E-state index in [4.69, 9.17) is 0 Å². The number of rotatable bonds is 3. The first-order chi connectivity index (χ1) is 15.0. The lowest BCUT2D eigenvalue weighted by molar-refractivity contribution is -0.0330. The van der Waals surface area contributed by atoms with Gasteiger partial charge < -0.3 is 5.32 Å². The monoisotopic (exact) mass is 529 g/mol. The minimum atomic E-state index is -4.49. The number of aromatic nitrogens is 4. The predicted octanol–water partition coefficient (Wildman–Crippen LogP) is 5.47. The maximum Gasteiger partial charge on any atom is 0.447 e. The molecule has 11 heteroatoms. The standard InChI is InChI=1S/C19H17BrF3N5OS.C2H6/c1-18(2,3)28-11-12(10-25-28)16(29)24-8-4-7-14-17(30-19(21,22)23)27-9-5-6-13(20)15(27)26-14;1-2/h5-6,9-11H,8H2,1-3H3,(H,24,29);1-2H3. The summed E-state index contributed by atoms with van der Waals surface area (Å²) in [6.45, 7) is 9.81. The van der Waals surface area contributed by atoms with Crippen LogP contribution in [0.25, 0.3) is 5.65 Å². The smallest absolute Gasteiger partial charge is 0.341 e. The fourth-order valence-electron chi connectivity index (χ4n) is 2.46. The summed E-state index contributed by atoms with van der Waals surface area (Å²) >= 11 is 3.00. The molecule has 0 aliphatic carbocycles. The van der Waals surface area contributed by atoms with E-state index in [1.807, 2.05) is 34.6 Å². The van der Waals surface area contributed by atoms with Gasteiger partial charge in [-0.05, 0) is 54.8 Å². The van der Waals surface area contributed by atoms with E-state index in [1.165, 1.54) is 16.8 Å². The van der Waals surface area contributed by atoms with Crippen LogP contribution in [0.5, 0.6) is 0 Å². The van der Waals surface area contributed by atoms with Crippen LogP contribution in [0, 0.1) is 11.8 Å². The zero-order chi connectivity index (χ0) is 24.1. The highest BCUT2D eigenvalue weighted by Crippen LogP contribution is 2.39. The highest BCUT2D eigenvalue weighted by Gasteiger charge is 2.33. The summed E-state index contributed by atoms with van der Waals surface area (Å²) in [6, 6.07) is 3.29. The summed E-state index contributed by atoms with van der Waals surface area (Å²) in [5.74, 6) is 4.92. The largest absolute Gasteiger partial charge is 0.447 e. The SMILES string of the molecule is CC.CC(C)(C)n1cc(C(=O)NCC#Cc2nc3c(Br)cccn3c2SC(F)(F)F)cn1. The molecule has 0 bridgehead atoms. The summed E-state index contributed by atoms with van der Waals surface area (Å²) in [4.78, 5) is 16.4. The van der Waals surface area contributed by atoms with Crippen LogP contribution >= 0.6 is 27.7 Å². The zero-order valence-electron chi connectivity index (χ0n) is 18.2. The third kappa shape index (κ3) is 6.53. The Kier molecular flexibility index (Phi) is 8.42. The molecule has 6 nitrogen and oxygen atoms in total. The quantitative estimate of drug-likeness (QED) is 0.361. The summed E-state index contributed by atoms with van der Waals surface area (Å²) in [6.07, 6.45) is 4.56. The third-order valence-corrected chi connectivity index (χ3v) is 5.28. The molecule has 1 N–H and O–H groups in total. The van der Waals surface area contributed by atoms with E-state index in [-0.39, 0.29) is 40.5 Å². The van der Waals surface area contributed by atoms with Crippen LogP contribution in [0.2, 0.25) is 0 Å². The van der Waals surface area contributed by atoms with Crippen molar-refractivity contribution in [3.8, 4) is 11.8 Å². The topological polar surface area (TPSA) is 64.2 Å². The maximum absolute atomic E-state index is 13.0. The Labute approximate surface area is 197 Å². The molecule has 3 aromatic rings. The van der Waals surface area contributed by atoms with Gasteiger partial charge in [-0.1, -0.05) is 19.8 Å². The first-order valence-corrected chi connectivity index (χ1v) is 11.3. The zero-order valence-corrected chi connectivity index (χ0v) is 20.6. The molecule has 0 saturated heterocycles. The number of amides is 1. The van der Waals surface area contributed by atoms with Gasteiger partial charge in [-0.25, -0.2) is 4.98 Å². The van der Waals surface area contributed by atoms with Crippen LogP contribution in [-0.2, 0) is 5.54 Å². The van der Waals surface area contributed by atoms with Crippen LogP contribution in [0.15, 0.2) is 40.2 Å². The van der Waals surface area contributed by atoms with E-state index in [2.05, 4.69) is 43.2 Å². The van der Waals surface area contributed by atoms with E-state index in [0.29, 0.717) is 15.7 Å². The Morgan fingerprint density at radius 2 is 1.97 bits per heavy atom. The number of hydrogen-bond donors (Lipinski definition) is 1. The van der Waals surface area contributed by atoms with Gasteiger partial charge in [0.2, 0.25) is 0 Å². The molecule has 0 saturated carbocycles. The van der Waals surface area contributed by atoms with E-state index in [1.54, 1.807) is 23.0 Å². The van der Waals surface area contributed by atoms with Gasteiger partial charge in [0.25, 0.3) is 5.91 Å². The van der Waals surface area contributed by atoms with Crippen molar-refractivity contribution in [2.24, 2.45) is 0 Å². The van der Waals surface area contributed by atoms with Crippen molar-refractivity contribution in [3.63, 3.8) is 0 Å². The molecule has 3 aromatic heterocycles. The fourth-order valence-corrected chi connectivity index (χ4v) is 3.55. The maximum atomic E-state index is 13.0. The Hall–Kier alpha value is -2.45. The molecule has 0 radical (unpaired) electrons. The van der Waals surface area contributed by atoms with Crippen LogP contribution < -0.4 is 5.32 Å². The number of fused-ring (bicyclic) bond motifs is 1. The Morgan fingerprint density at radius 3 is 2.56 bits per heavy atom. The molecular weight excluding hydrogens is 507 g/mol. The molecule has 3 rings (SSSR count). The normalized spacial score (nSPS) is 11.4. The Morgan fingerprint density at radius 1 is 1.28 bits per heavy atom. The van der Waals surface area contributed by atoms with Crippen molar-refractivity contribution < 1.29 is 18.0 Å². The molecule has 32 heavy (non-hydrogen) atoms. The Bertz CT molecular complexity index is 1150. The van der Waals surface area contributed by atoms with Crippen molar-refractivity contribution in [1.29, 1.82) is 0 Å². The van der Waals surface area contributed by atoms with Gasteiger partial charge in [-0.15, -0.1) is 0 Å². The van der Waals surface area contributed by atoms with Crippen molar-refractivity contribution in [1.82, 2.24) is 24.5 Å². The molecule has 1 amide bonds. The third-order valence-electron chi connectivity index (χ3n) is 3.85. The van der Waals surface area contributed by atoms with Crippen LogP contribution in [0.3, 0.4) is 0 Å². The van der Waals surface area contributed by atoms with E-state index in [0.717, 1.165) is 0 Å². The van der Waals surface area contributed by atoms with E-state index in [9.17, 15) is 18.0 Å². The van der Waals surface area contributed by atoms with Gasteiger partial charge in [-0.3, -0.25) is 13.9 Å². The average molecular weight is 530 g/mol. The lowest BCUT2D eigenvalue weighted by atomic mass is 10.1. The number of imidazole rings is 1. The summed E-state index contributed by atoms with van der Waals surface area (Å²) in [5.41, 5.74) is -4.07. The van der Waals surface area contributed by atoms with E-state index < -0.39 is 5.51 Å². The number of alkyl halides is 3. The molecule has 3 heterocycles. The number of halogens is 4. The molecule has 172 valence electrons. The predicted molar refractivity (Wildman–Crippen MR) is 123 cm³/mol. The summed E-state index contributed by atoms with van der Waals surface area (Å²) in [5, 5.41) is 6.63. The second-order valence-corrected chi connectivity index (χ2v) is 9.10. The van der Waals surface area contributed by atoms with Crippen molar-refractivity contribution >= 4 is 39.2 Å². The molecular formula is C21H23BrF3N5OS. The lowest BCUT2D eigenvalue weighted by Gasteiger charge is -2.18.